The third-order valence-electron chi connectivity index (χ3n) is 7.39. The molecule has 2 amide bonds. The van der Waals surface area contributed by atoms with E-state index in [1.165, 1.54) is 6.07 Å². The maximum absolute atomic E-state index is 12.9. The van der Waals surface area contributed by atoms with Crippen LogP contribution in [-0.2, 0) is 16.8 Å². The second kappa shape index (κ2) is 14.1. The number of nitrogen functional groups attached to an aromatic ring is 2. The van der Waals surface area contributed by atoms with Gasteiger partial charge in [0, 0.05) is 24.8 Å². The first-order valence-corrected chi connectivity index (χ1v) is 14.7. The predicted molar refractivity (Wildman–Crippen MR) is 175 cm³/mol. The molecule has 0 spiro atoms. The second-order valence-electron chi connectivity index (χ2n) is 12.0. The maximum Gasteiger partial charge on any atom is 0.336 e. The Bertz CT molecular complexity index is 1820. The molecule has 8 N–H and O–H groups in total. The standard InChI is InChI=1S/C32H37N9O6/c1-32(2,3)18-9-12-21(29(44)45)22(14-18)28(43)35-13-5-6-23(30(46)47)38-27(42)17-7-10-20(11-8-17)41(4)16-19-15-36-26-24(37-19)25(33)39-31(34)40-26/h7-12,14-15,23H,5-6,13,16H2,1-4H3,(H,35,43)(H,38,42)(H,44,45)(H,46,47)(H4,33,34,36,39,40)/t23-/m0/s1. The van der Waals surface area contributed by atoms with Crippen LogP contribution in [0.3, 0.4) is 0 Å². The summed E-state index contributed by atoms with van der Waals surface area (Å²) in [5.74, 6) is -3.47. The average Bonchev–Trinajstić information content (AvgIpc) is 3.01. The van der Waals surface area contributed by atoms with Crippen molar-refractivity contribution in [3.63, 3.8) is 0 Å². The van der Waals surface area contributed by atoms with Crippen LogP contribution in [0.4, 0.5) is 17.5 Å². The molecule has 2 heterocycles. The van der Waals surface area contributed by atoms with E-state index in [0.29, 0.717) is 17.8 Å². The smallest absolute Gasteiger partial charge is 0.336 e. The number of nitrogens with zero attached hydrogens (tertiary/aromatic N) is 5. The van der Waals surface area contributed by atoms with Crippen LogP contribution in [0.5, 0.6) is 0 Å². The van der Waals surface area contributed by atoms with Gasteiger partial charge in [0.25, 0.3) is 11.8 Å². The quantitative estimate of drug-likeness (QED) is 0.122. The van der Waals surface area contributed by atoms with E-state index >= 15 is 0 Å². The van der Waals surface area contributed by atoms with Crippen LogP contribution in [0.1, 0.15) is 75.9 Å². The fourth-order valence-corrected chi connectivity index (χ4v) is 4.75. The predicted octanol–water partition coefficient (Wildman–Crippen LogP) is 2.61. The number of aliphatic carboxylic acids is 1. The molecule has 47 heavy (non-hydrogen) atoms. The molecule has 1 atom stereocenters. The molecule has 2 aromatic heterocycles. The Morgan fingerprint density at radius 1 is 0.936 bits per heavy atom. The summed E-state index contributed by atoms with van der Waals surface area (Å²) >= 11 is 0. The number of aromatic nitrogens is 4. The Labute approximate surface area is 270 Å². The Kier molecular flexibility index (Phi) is 10.2. The SMILES string of the molecule is CN(Cc1cnc2nc(N)nc(N)c2n1)c1ccc(C(=O)N[C@@H](CCCNC(=O)c2cc(C(C)(C)C)ccc2C(=O)O)C(=O)O)cc1. The van der Waals surface area contributed by atoms with Crippen LogP contribution >= 0.6 is 0 Å². The monoisotopic (exact) mass is 643 g/mol. The van der Waals surface area contributed by atoms with Gasteiger partial charge >= 0.3 is 11.9 Å². The van der Waals surface area contributed by atoms with Gasteiger partial charge in [0.2, 0.25) is 5.95 Å². The Balaban J connectivity index is 1.32. The van der Waals surface area contributed by atoms with Gasteiger partial charge in [-0.1, -0.05) is 26.8 Å². The number of carbonyl (C=O) groups is 4. The molecule has 0 unspecified atom stereocenters. The fraction of sp³-hybridized carbons (Fsp3) is 0.312. The van der Waals surface area contributed by atoms with Crippen LogP contribution in [0.25, 0.3) is 11.2 Å². The van der Waals surface area contributed by atoms with Crippen molar-refractivity contribution in [3.05, 3.63) is 76.6 Å². The van der Waals surface area contributed by atoms with Gasteiger partial charge in [-0.25, -0.2) is 19.6 Å². The van der Waals surface area contributed by atoms with E-state index in [4.69, 9.17) is 11.5 Å². The molecule has 0 aliphatic carbocycles. The normalized spacial score (nSPS) is 11.9. The number of anilines is 3. The molecular formula is C32H37N9O6. The number of fused-ring (bicyclic) bond motifs is 1. The highest BCUT2D eigenvalue weighted by molar-refractivity contribution is 6.05. The van der Waals surface area contributed by atoms with E-state index in [2.05, 4.69) is 30.6 Å². The molecule has 15 nitrogen and oxygen atoms in total. The molecule has 0 aliphatic heterocycles. The molecule has 2 aromatic carbocycles. The van der Waals surface area contributed by atoms with Crippen molar-refractivity contribution in [2.75, 3.05) is 30.0 Å². The first-order chi connectivity index (χ1) is 22.1. The zero-order valence-corrected chi connectivity index (χ0v) is 26.4. The summed E-state index contributed by atoms with van der Waals surface area (Å²) in [6, 6.07) is 10.0. The highest BCUT2D eigenvalue weighted by atomic mass is 16.4. The van der Waals surface area contributed by atoms with Crippen molar-refractivity contribution in [3.8, 4) is 0 Å². The van der Waals surface area contributed by atoms with Gasteiger partial charge < -0.3 is 37.2 Å². The third-order valence-corrected chi connectivity index (χ3v) is 7.39. The number of carbonyl (C=O) groups excluding carboxylic acids is 2. The van der Waals surface area contributed by atoms with E-state index in [1.807, 2.05) is 32.7 Å². The summed E-state index contributed by atoms with van der Waals surface area (Å²) in [7, 11) is 1.83. The summed E-state index contributed by atoms with van der Waals surface area (Å²) in [4.78, 5) is 67.9. The van der Waals surface area contributed by atoms with Gasteiger partial charge in [-0.15, -0.1) is 0 Å². The van der Waals surface area contributed by atoms with Gasteiger partial charge in [0.1, 0.15) is 6.04 Å². The van der Waals surface area contributed by atoms with Gasteiger partial charge in [-0.05, 0) is 60.2 Å². The topological polar surface area (TPSA) is 240 Å². The molecule has 0 aliphatic rings. The van der Waals surface area contributed by atoms with Crippen LogP contribution in [0.2, 0.25) is 0 Å². The molecule has 4 aromatic rings. The molecule has 0 fully saturated rings. The van der Waals surface area contributed by atoms with E-state index < -0.39 is 29.8 Å². The summed E-state index contributed by atoms with van der Waals surface area (Å²) in [5.41, 5.74) is 14.2. The Morgan fingerprint density at radius 2 is 1.64 bits per heavy atom. The number of benzene rings is 2. The van der Waals surface area contributed by atoms with Crippen LogP contribution in [-0.4, -0.2) is 73.5 Å². The maximum atomic E-state index is 12.9. The van der Waals surface area contributed by atoms with Crippen LogP contribution in [0, 0.1) is 0 Å². The number of hydrogen-bond donors (Lipinski definition) is 6. The average molecular weight is 644 g/mol. The lowest BCUT2D eigenvalue weighted by molar-refractivity contribution is -0.139. The van der Waals surface area contributed by atoms with Crippen LogP contribution < -0.4 is 27.0 Å². The number of nitrogens with two attached hydrogens (primary N) is 2. The minimum atomic E-state index is -1.23. The summed E-state index contributed by atoms with van der Waals surface area (Å²) < 4.78 is 0. The summed E-state index contributed by atoms with van der Waals surface area (Å²) in [5, 5.41) is 24.4. The molecule has 0 saturated heterocycles. The second-order valence-corrected chi connectivity index (χ2v) is 12.0. The highest BCUT2D eigenvalue weighted by Crippen LogP contribution is 2.25. The summed E-state index contributed by atoms with van der Waals surface area (Å²) in [6.07, 6.45) is 1.81. The lowest BCUT2D eigenvalue weighted by atomic mass is 9.85. The third kappa shape index (κ3) is 8.45. The highest BCUT2D eigenvalue weighted by Gasteiger charge is 2.23. The van der Waals surface area contributed by atoms with Crippen molar-refractivity contribution in [2.45, 2.75) is 51.6 Å². The number of carboxylic acids is 2. The molecule has 0 radical (unpaired) electrons. The lowest BCUT2D eigenvalue weighted by Gasteiger charge is -2.20. The van der Waals surface area contributed by atoms with Gasteiger partial charge in [-0.3, -0.25) is 9.59 Å². The van der Waals surface area contributed by atoms with Gasteiger partial charge in [0.05, 0.1) is 29.6 Å². The first-order valence-electron chi connectivity index (χ1n) is 14.7. The minimum absolute atomic E-state index is 0.00709. The zero-order valence-electron chi connectivity index (χ0n) is 26.4. The molecule has 15 heteroatoms. The van der Waals surface area contributed by atoms with Crippen molar-refractivity contribution >= 4 is 52.4 Å². The molecule has 4 rings (SSSR count). The first kappa shape index (κ1) is 34.0. The largest absolute Gasteiger partial charge is 0.480 e. The molecule has 0 saturated carbocycles. The van der Waals surface area contributed by atoms with E-state index in [-0.39, 0.29) is 58.9 Å². The Morgan fingerprint density at radius 3 is 2.28 bits per heavy atom. The van der Waals surface area contributed by atoms with Crippen molar-refractivity contribution < 1.29 is 29.4 Å². The number of hydrogen-bond acceptors (Lipinski definition) is 11. The van der Waals surface area contributed by atoms with Gasteiger partial charge in [-0.2, -0.15) is 9.97 Å². The van der Waals surface area contributed by atoms with Crippen molar-refractivity contribution in [1.29, 1.82) is 0 Å². The van der Waals surface area contributed by atoms with E-state index in [9.17, 15) is 29.4 Å². The van der Waals surface area contributed by atoms with Gasteiger partial charge in [0.15, 0.2) is 17.0 Å². The Hall–Kier alpha value is -5.86. The van der Waals surface area contributed by atoms with Crippen LogP contribution in [0.15, 0.2) is 48.7 Å². The zero-order chi connectivity index (χ0) is 34.5. The number of aromatic carboxylic acids is 1. The molecular weight excluding hydrogens is 606 g/mol. The van der Waals surface area contributed by atoms with Crippen molar-refractivity contribution in [2.24, 2.45) is 0 Å². The number of amides is 2. The van der Waals surface area contributed by atoms with E-state index in [0.717, 1.165) is 11.3 Å². The fourth-order valence-electron chi connectivity index (χ4n) is 4.75. The van der Waals surface area contributed by atoms with E-state index in [1.54, 1.807) is 42.6 Å². The number of nitrogens with one attached hydrogen (secondary N) is 2. The number of rotatable bonds is 12. The lowest BCUT2D eigenvalue weighted by Crippen LogP contribution is -2.41. The molecule has 246 valence electrons. The summed E-state index contributed by atoms with van der Waals surface area (Å²) in [6.45, 7) is 6.28. The molecule has 0 bridgehead atoms. The number of carboxylic acid groups (broad SMARTS) is 2. The van der Waals surface area contributed by atoms with Crippen molar-refractivity contribution in [1.82, 2.24) is 30.6 Å². The minimum Gasteiger partial charge on any atom is -0.480 e.